The Morgan fingerprint density at radius 1 is 1.35 bits per heavy atom. The van der Waals surface area contributed by atoms with Gasteiger partial charge in [-0.3, -0.25) is 0 Å². The van der Waals surface area contributed by atoms with Gasteiger partial charge in [0, 0.05) is 19.9 Å². The molecule has 0 atom stereocenters. The highest BCUT2D eigenvalue weighted by molar-refractivity contribution is 9.10. The highest BCUT2D eigenvalue weighted by Crippen LogP contribution is 2.32. The van der Waals surface area contributed by atoms with Crippen LogP contribution >= 0.6 is 15.9 Å². The first-order valence-corrected chi connectivity index (χ1v) is 6.77. The molecule has 0 spiro atoms. The second kappa shape index (κ2) is 6.31. The molecule has 0 unspecified atom stereocenters. The minimum absolute atomic E-state index is 0.374. The topological polar surface area (TPSA) is 47.0 Å². The normalized spacial score (nSPS) is 11.6. The van der Waals surface area contributed by atoms with Crippen LogP contribution in [-0.2, 0) is 10.3 Å². The number of hydrogen-bond donors (Lipinski definition) is 1. The molecule has 0 aliphatic carbocycles. The van der Waals surface area contributed by atoms with Crippen molar-refractivity contribution < 1.29 is 4.74 Å². The Morgan fingerprint density at radius 2 is 2.00 bits per heavy atom. The standard InChI is InChI=1S/C12H20BrN3O/c1-5-12(6-2,17-7-3)11-15-8-9(13)10(14-4)16-11/h8H,5-7H2,1-4H3,(H,14,15,16). The molecule has 0 aliphatic rings. The molecule has 1 rings (SSSR count). The Bertz CT molecular complexity index is 367. The van der Waals surface area contributed by atoms with E-state index in [9.17, 15) is 0 Å². The van der Waals surface area contributed by atoms with Crippen LogP contribution in [0.1, 0.15) is 39.4 Å². The van der Waals surface area contributed by atoms with Crippen molar-refractivity contribution in [2.24, 2.45) is 0 Å². The predicted molar refractivity (Wildman–Crippen MR) is 73.2 cm³/mol. The number of halogens is 1. The molecule has 1 aromatic heterocycles. The summed E-state index contributed by atoms with van der Waals surface area (Å²) in [6, 6.07) is 0. The molecule has 5 heteroatoms. The number of nitrogens with one attached hydrogen (secondary N) is 1. The SMILES string of the molecule is CCOC(CC)(CC)c1ncc(Br)c(NC)n1. The smallest absolute Gasteiger partial charge is 0.162 e. The third-order valence-corrected chi connectivity index (χ3v) is 3.53. The zero-order valence-corrected chi connectivity index (χ0v) is 12.5. The van der Waals surface area contributed by atoms with E-state index in [4.69, 9.17) is 4.74 Å². The molecule has 0 aliphatic heterocycles. The van der Waals surface area contributed by atoms with Crippen molar-refractivity contribution in [2.75, 3.05) is 19.0 Å². The van der Waals surface area contributed by atoms with Crippen molar-refractivity contribution in [3.05, 3.63) is 16.5 Å². The van der Waals surface area contributed by atoms with Crippen molar-refractivity contribution in [2.45, 2.75) is 39.2 Å². The van der Waals surface area contributed by atoms with Crippen LogP contribution in [0.5, 0.6) is 0 Å². The monoisotopic (exact) mass is 301 g/mol. The third-order valence-electron chi connectivity index (χ3n) is 2.95. The lowest BCUT2D eigenvalue weighted by Crippen LogP contribution is -2.31. The maximum Gasteiger partial charge on any atom is 0.162 e. The Balaban J connectivity index is 3.18. The van der Waals surface area contributed by atoms with Gasteiger partial charge in [-0.25, -0.2) is 9.97 Å². The molecular weight excluding hydrogens is 282 g/mol. The van der Waals surface area contributed by atoms with E-state index >= 15 is 0 Å². The van der Waals surface area contributed by atoms with E-state index in [0.717, 1.165) is 29.0 Å². The average Bonchev–Trinajstić information content (AvgIpc) is 2.37. The van der Waals surface area contributed by atoms with Gasteiger partial charge in [0.25, 0.3) is 0 Å². The van der Waals surface area contributed by atoms with Gasteiger partial charge in [0.05, 0.1) is 4.47 Å². The van der Waals surface area contributed by atoms with Crippen LogP contribution in [0, 0.1) is 0 Å². The molecule has 0 fully saturated rings. The fourth-order valence-corrected chi connectivity index (χ4v) is 2.26. The lowest BCUT2D eigenvalue weighted by Gasteiger charge is -2.30. The number of aromatic nitrogens is 2. The maximum atomic E-state index is 5.89. The van der Waals surface area contributed by atoms with Gasteiger partial charge < -0.3 is 10.1 Å². The van der Waals surface area contributed by atoms with Crippen LogP contribution in [0.4, 0.5) is 5.82 Å². The summed E-state index contributed by atoms with van der Waals surface area (Å²) in [5.74, 6) is 1.54. The first-order chi connectivity index (χ1) is 8.13. The fraction of sp³-hybridized carbons (Fsp3) is 0.667. The van der Waals surface area contributed by atoms with Crippen LogP contribution in [0.25, 0.3) is 0 Å². The van der Waals surface area contributed by atoms with E-state index in [0.29, 0.717) is 6.61 Å². The van der Waals surface area contributed by atoms with Crippen molar-refractivity contribution in [1.29, 1.82) is 0 Å². The van der Waals surface area contributed by atoms with E-state index in [1.165, 1.54) is 0 Å². The average molecular weight is 302 g/mol. The van der Waals surface area contributed by atoms with Crippen molar-refractivity contribution >= 4 is 21.7 Å². The number of anilines is 1. The van der Waals surface area contributed by atoms with Crippen LogP contribution in [0.15, 0.2) is 10.7 Å². The number of hydrogen-bond acceptors (Lipinski definition) is 4. The molecule has 1 heterocycles. The number of nitrogens with zero attached hydrogens (tertiary/aromatic N) is 2. The number of rotatable bonds is 6. The summed E-state index contributed by atoms with van der Waals surface area (Å²) in [6.45, 7) is 6.86. The summed E-state index contributed by atoms with van der Waals surface area (Å²) in [6.07, 6.45) is 3.50. The second-order valence-corrected chi connectivity index (χ2v) is 4.63. The van der Waals surface area contributed by atoms with Gasteiger partial charge >= 0.3 is 0 Å². The Labute approximate surface area is 111 Å². The molecule has 17 heavy (non-hydrogen) atoms. The quantitative estimate of drug-likeness (QED) is 0.875. The minimum atomic E-state index is -0.374. The molecule has 96 valence electrons. The fourth-order valence-electron chi connectivity index (χ4n) is 1.87. The van der Waals surface area contributed by atoms with Gasteiger partial charge in [0.2, 0.25) is 0 Å². The van der Waals surface area contributed by atoms with Crippen molar-refractivity contribution in [1.82, 2.24) is 9.97 Å². The lowest BCUT2D eigenvalue weighted by molar-refractivity contribution is -0.0570. The van der Waals surface area contributed by atoms with Crippen molar-refractivity contribution in [3.63, 3.8) is 0 Å². The van der Waals surface area contributed by atoms with Crippen LogP contribution in [0.3, 0.4) is 0 Å². The highest BCUT2D eigenvalue weighted by atomic mass is 79.9. The molecule has 1 aromatic rings. The summed E-state index contributed by atoms with van der Waals surface area (Å²) >= 11 is 3.41. The second-order valence-electron chi connectivity index (χ2n) is 3.77. The molecule has 0 radical (unpaired) electrons. The van der Waals surface area contributed by atoms with Crippen LogP contribution in [-0.4, -0.2) is 23.6 Å². The van der Waals surface area contributed by atoms with Gasteiger partial charge in [-0.1, -0.05) is 13.8 Å². The molecule has 0 aromatic carbocycles. The van der Waals surface area contributed by atoms with E-state index in [1.54, 1.807) is 6.20 Å². The first-order valence-electron chi connectivity index (χ1n) is 5.98. The summed E-state index contributed by atoms with van der Waals surface area (Å²) in [5.41, 5.74) is -0.374. The zero-order chi connectivity index (χ0) is 12.9. The minimum Gasteiger partial charge on any atom is -0.372 e. The Kier molecular flexibility index (Phi) is 5.33. The summed E-state index contributed by atoms with van der Waals surface area (Å²) in [7, 11) is 1.84. The van der Waals surface area contributed by atoms with Gasteiger partial charge in [-0.05, 0) is 35.7 Å². The van der Waals surface area contributed by atoms with Crippen LogP contribution in [0.2, 0.25) is 0 Å². The van der Waals surface area contributed by atoms with Gasteiger partial charge in [-0.15, -0.1) is 0 Å². The maximum absolute atomic E-state index is 5.89. The first kappa shape index (κ1) is 14.4. The van der Waals surface area contributed by atoms with E-state index < -0.39 is 0 Å². The summed E-state index contributed by atoms with van der Waals surface area (Å²) in [4.78, 5) is 8.93. The molecular formula is C12H20BrN3O. The van der Waals surface area contributed by atoms with E-state index in [1.807, 2.05) is 14.0 Å². The van der Waals surface area contributed by atoms with E-state index in [-0.39, 0.29) is 5.60 Å². The van der Waals surface area contributed by atoms with Gasteiger partial charge in [0.15, 0.2) is 5.82 Å². The molecule has 4 nitrogen and oxygen atoms in total. The predicted octanol–water partition coefficient (Wildman–Crippen LogP) is 3.33. The van der Waals surface area contributed by atoms with Gasteiger partial charge in [-0.2, -0.15) is 0 Å². The Morgan fingerprint density at radius 3 is 2.47 bits per heavy atom. The Hall–Kier alpha value is -0.680. The molecule has 0 saturated carbocycles. The largest absolute Gasteiger partial charge is 0.372 e. The molecule has 0 saturated heterocycles. The van der Waals surface area contributed by atoms with Crippen molar-refractivity contribution in [3.8, 4) is 0 Å². The zero-order valence-electron chi connectivity index (χ0n) is 10.9. The molecule has 0 bridgehead atoms. The van der Waals surface area contributed by atoms with Gasteiger partial charge in [0.1, 0.15) is 11.4 Å². The van der Waals surface area contributed by atoms with Crippen LogP contribution < -0.4 is 5.32 Å². The lowest BCUT2D eigenvalue weighted by atomic mass is 9.96. The highest BCUT2D eigenvalue weighted by Gasteiger charge is 2.32. The van der Waals surface area contributed by atoms with E-state index in [2.05, 4.69) is 45.1 Å². The number of ether oxygens (including phenoxy) is 1. The third kappa shape index (κ3) is 2.96. The summed E-state index contributed by atoms with van der Waals surface area (Å²) in [5, 5.41) is 3.04. The molecule has 1 N–H and O–H groups in total. The summed E-state index contributed by atoms with van der Waals surface area (Å²) < 4.78 is 6.75. The molecule has 0 amide bonds.